The fourth-order valence-corrected chi connectivity index (χ4v) is 4.37. The van der Waals surface area contributed by atoms with Crippen LogP contribution in [-0.4, -0.2) is 18.5 Å². The zero-order valence-corrected chi connectivity index (χ0v) is 15.3. The van der Waals surface area contributed by atoms with Gasteiger partial charge < -0.3 is 10.1 Å². The Morgan fingerprint density at radius 3 is 2.56 bits per heavy atom. The number of hydrogen-bond acceptors (Lipinski definition) is 3. The lowest BCUT2D eigenvalue weighted by atomic mass is 9.86. The molecule has 0 radical (unpaired) electrons. The van der Waals surface area contributed by atoms with Crippen molar-refractivity contribution in [2.24, 2.45) is 17.8 Å². The van der Waals surface area contributed by atoms with E-state index in [1.165, 1.54) is 24.8 Å². The highest BCUT2D eigenvalue weighted by molar-refractivity contribution is 5.92. The summed E-state index contributed by atoms with van der Waals surface area (Å²) >= 11 is 0. The normalized spacial score (nSPS) is 25.6. The first kappa shape index (κ1) is 18.0. The van der Waals surface area contributed by atoms with Gasteiger partial charge in [-0.3, -0.25) is 9.59 Å². The van der Waals surface area contributed by atoms with E-state index in [0.29, 0.717) is 24.2 Å². The predicted octanol–water partition coefficient (Wildman–Crippen LogP) is 4.51. The fraction of sp³-hybridized carbons (Fsp3) is 0.619. The van der Waals surface area contributed by atoms with Crippen LogP contribution in [0.15, 0.2) is 24.3 Å². The molecule has 0 unspecified atom stereocenters. The molecule has 1 N–H and O–H groups in total. The third-order valence-corrected chi connectivity index (χ3v) is 6.05. The van der Waals surface area contributed by atoms with Crippen molar-refractivity contribution in [3.8, 4) is 0 Å². The maximum Gasteiger partial charge on any atom is 0.306 e. The van der Waals surface area contributed by atoms with Crippen molar-refractivity contribution in [3.63, 3.8) is 0 Å². The molecule has 136 valence electrons. The molecular formula is C21H29NO3. The summed E-state index contributed by atoms with van der Waals surface area (Å²) in [6.45, 7) is 4.14. The second-order valence-corrected chi connectivity index (χ2v) is 7.78. The third kappa shape index (κ3) is 4.62. The molecule has 25 heavy (non-hydrogen) atoms. The van der Waals surface area contributed by atoms with Gasteiger partial charge in [0.05, 0.1) is 0 Å². The molecule has 2 aliphatic carbocycles. The number of anilines is 1. The zero-order valence-electron chi connectivity index (χ0n) is 15.3. The largest absolute Gasteiger partial charge is 0.456 e. The van der Waals surface area contributed by atoms with Gasteiger partial charge in [0.25, 0.3) is 5.91 Å². The van der Waals surface area contributed by atoms with Gasteiger partial charge in [-0.1, -0.05) is 32.4 Å². The van der Waals surface area contributed by atoms with Crippen LogP contribution in [0.4, 0.5) is 5.69 Å². The molecule has 1 aromatic carbocycles. The molecule has 0 saturated heterocycles. The number of ether oxygens (including phenoxy) is 1. The van der Waals surface area contributed by atoms with Gasteiger partial charge in [0.1, 0.15) is 0 Å². The molecule has 0 aliphatic heterocycles. The van der Waals surface area contributed by atoms with Crippen molar-refractivity contribution in [2.45, 2.75) is 58.3 Å². The van der Waals surface area contributed by atoms with Crippen molar-refractivity contribution >= 4 is 17.6 Å². The van der Waals surface area contributed by atoms with E-state index in [4.69, 9.17) is 4.74 Å². The highest BCUT2D eigenvalue weighted by Crippen LogP contribution is 2.49. The van der Waals surface area contributed by atoms with E-state index in [1.807, 2.05) is 24.3 Å². The highest BCUT2D eigenvalue weighted by Gasteiger charge is 2.40. The van der Waals surface area contributed by atoms with E-state index in [9.17, 15) is 9.59 Å². The van der Waals surface area contributed by atoms with E-state index in [1.54, 1.807) is 0 Å². The van der Waals surface area contributed by atoms with E-state index < -0.39 is 0 Å². The van der Waals surface area contributed by atoms with Crippen LogP contribution in [0, 0.1) is 17.8 Å². The van der Waals surface area contributed by atoms with Gasteiger partial charge in [0.15, 0.2) is 6.61 Å². The molecule has 2 saturated carbocycles. The molecule has 3 rings (SSSR count). The number of amides is 1. The Morgan fingerprint density at radius 1 is 1.20 bits per heavy atom. The minimum atomic E-state index is -0.280. The van der Waals surface area contributed by atoms with Gasteiger partial charge in [-0.25, -0.2) is 0 Å². The Hall–Kier alpha value is -1.84. The zero-order chi connectivity index (χ0) is 17.8. The molecule has 2 aliphatic rings. The van der Waals surface area contributed by atoms with Crippen LogP contribution in [0.3, 0.4) is 0 Å². The quantitative estimate of drug-likeness (QED) is 0.741. The summed E-state index contributed by atoms with van der Waals surface area (Å²) in [6, 6.07) is 7.86. The fourth-order valence-electron chi connectivity index (χ4n) is 4.37. The Bertz CT molecular complexity index is 610. The second-order valence-electron chi connectivity index (χ2n) is 7.78. The van der Waals surface area contributed by atoms with Crippen LogP contribution in [-0.2, 0) is 14.3 Å². The number of fused-ring (bicyclic) bond motifs is 2. The average Bonchev–Trinajstić information content (AvgIpc) is 3.23. The van der Waals surface area contributed by atoms with Gasteiger partial charge in [0.2, 0.25) is 0 Å². The molecule has 4 nitrogen and oxygen atoms in total. The predicted molar refractivity (Wildman–Crippen MR) is 98.3 cm³/mol. The van der Waals surface area contributed by atoms with E-state index >= 15 is 0 Å². The van der Waals surface area contributed by atoms with Crippen LogP contribution in [0.5, 0.6) is 0 Å². The molecule has 1 amide bonds. The van der Waals surface area contributed by atoms with E-state index in [-0.39, 0.29) is 18.5 Å². The number of rotatable bonds is 7. The lowest BCUT2D eigenvalue weighted by Crippen LogP contribution is -2.23. The summed E-state index contributed by atoms with van der Waals surface area (Å²) in [5.74, 6) is 2.00. The third-order valence-electron chi connectivity index (χ3n) is 6.05. The first-order chi connectivity index (χ1) is 12.0. The van der Waals surface area contributed by atoms with Crippen molar-refractivity contribution < 1.29 is 14.3 Å². The molecule has 0 aromatic heterocycles. The number of hydrogen-bond donors (Lipinski definition) is 1. The van der Waals surface area contributed by atoms with Gasteiger partial charge in [-0.15, -0.1) is 0 Å². The van der Waals surface area contributed by atoms with Crippen molar-refractivity contribution in [1.29, 1.82) is 0 Å². The molecule has 2 fully saturated rings. The molecule has 2 bridgehead atoms. The van der Waals surface area contributed by atoms with Crippen LogP contribution in [0.1, 0.15) is 63.9 Å². The second kappa shape index (κ2) is 8.03. The molecule has 1 aromatic rings. The van der Waals surface area contributed by atoms with Crippen molar-refractivity contribution in [1.82, 2.24) is 0 Å². The summed E-state index contributed by atoms with van der Waals surface area (Å²) in [5.41, 5.74) is 2.00. The molecular weight excluding hydrogens is 314 g/mol. The topological polar surface area (TPSA) is 55.4 Å². The number of esters is 1. The van der Waals surface area contributed by atoms with Crippen LogP contribution in [0.2, 0.25) is 0 Å². The number of nitrogens with one attached hydrogen (secondary N) is 1. The summed E-state index contributed by atoms with van der Waals surface area (Å²) in [4.78, 5) is 24.0. The minimum absolute atomic E-state index is 0.202. The van der Waals surface area contributed by atoms with Gasteiger partial charge in [-0.2, -0.15) is 0 Å². The molecule has 0 spiro atoms. The molecule has 4 atom stereocenters. The first-order valence-corrected chi connectivity index (χ1v) is 9.60. The standard InChI is InChI=1S/C21H29NO3/c1-3-14(2)16-6-8-19(9-7-16)22-20(23)13-25-21(24)12-18-11-15-4-5-17(18)10-15/h6-9,14-15,17-18H,3-5,10-13H2,1-2H3,(H,22,23)/t14-,15+,17+,18-/m1/s1. The summed E-state index contributed by atoms with van der Waals surface area (Å²) in [6.07, 6.45) is 6.59. The minimum Gasteiger partial charge on any atom is -0.456 e. The van der Waals surface area contributed by atoms with E-state index in [0.717, 1.165) is 24.4 Å². The lowest BCUT2D eigenvalue weighted by Gasteiger charge is -2.20. The Balaban J connectivity index is 1.39. The van der Waals surface area contributed by atoms with Crippen molar-refractivity contribution in [2.75, 3.05) is 11.9 Å². The summed E-state index contributed by atoms with van der Waals surface area (Å²) in [7, 11) is 0. The summed E-state index contributed by atoms with van der Waals surface area (Å²) in [5, 5.41) is 2.79. The SMILES string of the molecule is CC[C@@H](C)c1ccc(NC(=O)COC(=O)C[C@H]2C[C@H]3CC[C@H]2C3)cc1. The number of carbonyl (C=O) groups is 2. The van der Waals surface area contributed by atoms with Crippen molar-refractivity contribution in [3.05, 3.63) is 29.8 Å². The first-order valence-electron chi connectivity index (χ1n) is 9.60. The van der Waals surface area contributed by atoms with Crippen LogP contribution >= 0.6 is 0 Å². The molecule has 4 heteroatoms. The average molecular weight is 343 g/mol. The smallest absolute Gasteiger partial charge is 0.306 e. The van der Waals surface area contributed by atoms with Crippen LogP contribution in [0.25, 0.3) is 0 Å². The van der Waals surface area contributed by atoms with Gasteiger partial charge in [-0.05, 0) is 67.1 Å². The molecule has 0 heterocycles. The summed E-state index contributed by atoms with van der Waals surface area (Å²) < 4.78 is 5.17. The number of carbonyl (C=O) groups excluding carboxylic acids is 2. The lowest BCUT2D eigenvalue weighted by molar-refractivity contribution is -0.148. The van der Waals surface area contributed by atoms with Gasteiger partial charge in [0, 0.05) is 12.1 Å². The maximum atomic E-state index is 12.0. The van der Waals surface area contributed by atoms with E-state index in [2.05, 4.69) is 19.2 Å². The van der Waals surface area contributed by atoms with Crippen LogP contribution < -0.4 is 5.32 Å². The Kier molecular flexibility index (Phi) is 5.77. The highest BCUT2D eigenvalue weighted by atomic mass is 16.5. The Morgan fingerprint density at radius 2 is 1.96 bits per heavy atom. The maximum absolute atomic E-state index is 12.0. The van der Waals surface area contributed by atoms with Gasteiger partial charge >= 0.3 is 5.97 Å². The monoisotopic (exact) mass is 343 g/mol. The number of benzene rings is 1. The Labute approximate surface area is 150 Å².